The van der Waals surface area contributed by atoms with Gasteiger partial charge in [0.15, 0.2) is 6.04 Å². The van der Waals surface area contributed by atoms with Gasteiger partial charge in [-0.1, -0.05) is 56.3 Å². The molecule has 2 aliphatic heterocycles. The Bertz CT molecular complexity index is 1300. The van der Waals surface area contributed by atoms with Gasteiger partial charge in [0.1, 0.15) is 12.1 Å². The standard InChI is InChI=1S/C32H43N5O9/c1-20(2)19-46-32(45)35-23-15-10-5-3-4-9-14-22(34-28(40)24-16-11-17-37(24)30(23)42)27(39)29(41)33-18-25(38)36-26(31(43)44)21-12-7-6-8-13-21/h3,5-8,12-13,20,22-24,26H,4,9-11,14-19H2,1-2H3,(H,33,41)(H,34,40)(H,35,45)(H,36,38)(H,43,44)/t22?,23-,24-,26-/m0/s1. The van der Waals surface area contributed by atoms with Crippen molar-refractivity contribution in [2.45, 2.75) is 83.0 Å². The van der Waals surface area contributed by atoms with E-state index in [1.54, 1.807) is 18.2 Å². The van der Waals surface area contributed by atoms with E-state index in [0.29, 0.717) is 44.1 Å². The third kappa shape index (κ3) is 10.7. The zero-order valence-corrected chi connectivity index (χ0v) is 26.2. The minimum atomic E-state index is -1.36. The normalized spacial score (nSPS) is 21.3. The number of fused-ring (bicyclic) bond motifs is 1. The number of Topliss-reactive ketones (excluding diaryl/α,β-unsaturated/α-hetero) is 1. The van der Waals surface area contributed by atoms with Gasteiger partial charge in [0, 0.05) is 6.54 Å². The van der Waals surface area contributed by atoms with Crippen LogP contribution in [0.1, 0.15) is 70.4 Å². The molecule has 2 aliphatic rings. The van der Waals surface area contributed by atoms with E-state index in [4.69, 9.17) is 4.74 Å². The zero-order valence-electron chi connectivity index (χ0n) is 26.2. The number of hydrogen-bond donors (Lipinski definition) is 5. The molecule has 14 nitrogen and oxygen atoms in total. The number of alkyl carbamates (subject to hydrolysis) is 1. The molecule has 0 aromatic heterocycles. The van der Waals surface area contributed by atoms with Crippen molar-refractivity contribution in [3.05, 3.63) is 48.0 Å². The number of amides is 5. The lowest BCUT2D eigenvalue weighted by Gasteiger charge is -2.29. The van der Waals surface area contributed by atoms with Crippen molar-refractivity contribution in [3.63, 3.8) is 0 Å². The molecule has 0 radical (unpaired) electrons. The largest absolute Gasteiger partial charge is 0.479 e. The van der Waals surface area contributed by atoms with Crippen LogP contribution in [0.25, 0.3) is 0 Å². The number of carboxylic acid groups (broad SMARTS) is 1. The number of carbonyl (C=O) groups excluding carboxylic acids is 6. The molecule has 0 saturated carbocycles. The molecule has 1 unspecified atom stereocenters. The van der Waals surface area contributed by atoms with E-state index in [0.717, 1.165) is 0 Å². The molecule has 2 heterocycles. The van der Waals surface area contributed by atoms with Gasteiger partial charge >= 0.3 is 12.1 Å². The second-order valence-corrected chi connectivity index (χ2v) is 11.7. The van der Waals surface area contributed by atoms with Crippen LogP contribution in [0.2, 0.25) is 0 Å². The molecule has 0 bridgehead atoms. The summed E-state index contributed by atoms with van der Waals surface area (Å²) >= 11 is 0. The van der Waals surface area contributed by atoms with Gasteiger partial charge in [-0.2, -0.15) is 0 Å². The summed E-state index contributed by atoms with van der Waals surface area (Å²) in [5, 5.41) is 19.3. The summed E-state index contributed by atoms with van der Waals surface area (Å²) in [6, 6.07) is 3.60. The number of hydrogen-bond acceptors (Lipinski definition) is 8. The highest BCUT2D eigenvalue weighted by Gasteiger charge is 2.39. The van der Waals surface area contributed by atoms with E-state index in [9.17, 15) is 38.7 Å². The van der Waals surface area contributed by atoms with Crippen LogP contribution in [-0.4, -0.2) is 89.3 Å². The van der Waals surface area contributed by atoms with Gasteiger partial charge in [-0.05, 0) is 56.4 Å². The topological polar surface area (TPSA) is 200 Å². The number of benzene rings is 1. The van der Waals surface area contributed by atoms with Crippen LogP contribution in [0.5, 0.6) is 0 Å². The Hall–Kier alpha value is -4.75. The first-order valence-electron chi connectivity index (χ1n) is 15.6. The predicted molar refractivity (Wildman–Crippen MR) is 165 cm³/mol. The van der Waals surface area contributed by atoms with Crippen LogP contribution in [-0.2, 0) is 33.5 Å². The summed E-state index contributed by atoms with van der Waals surface area (Å²) in [4.78, 5) is 90.8. The van der Waals surface area contributed by atoms with E-state index in [1.165, 1.54) is 17.0 Å². The molecule has 5 amide bonds. The lowest BCUT2D eigenvalue weighted by Crippen LogP contribution is -2.56. The van der Waals surface area contributed by atoms with E-state index in [-0.39, 0.29) is 25.5 Å². The van der Waals surface area contributed by atoms with Gasteiger partial charge in [-0.25, -0.2) is 9.59 Å². The van der Waals surface area contributed by atoms with Crippen molar-refractivity contribution in [2.75, 3.05) is 19.7 Å². The summed E-state index contributed by atoms with van der Waals surface area (Å²) in [7, 11) is 0. The molecule has 0 aliphatic carbocycles. The van der Waals surface area contributed by atoms with Crippen LogP contribution in [0, 0.1) is 5.92 Å². The number of carbonyl (C=O) groups is 7. The highest BCUT2D eigenvalue weighted by Crippen LogP contribution is 2.21. The van der Waals surface area contributed by atoms with E-state index < -0.39 is 72.2 Å². The van der Waals surface area contributed by atoms with E-state index in [2.05, 4.69) is 21.3 Å². The van der Waals surface area contributed by atoms with Crippen LogP contribution >= 0.6 is 0 Å². The summed E-state index contributed by atoms with van der Waals surface area (Å²) in [6.45, 7) is 3.58. The van der Waals surface area contributed by atoms with Crippen LogP contribution in [0.4, 0.5) is 4.79 Å². The Morgan fingerprint density at radius 1 is 1.00 bits per heavy atom. The van der Waals surface area contributed by atoms with Gasteiger partial charge in [-0.3, -0.25) is 24.0 Å². The average molecular weight is 642 g/mol. The van der Waals surface area contributed by atoms with Crippen LogP contribution < -0.4 is 21.3 Å². The molecule has 46 heavy (non-hydrogen) atoms. The Balaban J connectivity index is 1.66. The minimum absolute atomic E-state index is 0.110. The second-order valence-electron chi connectivity index (χ2n) is 11.7. The van der Waals surface area contributed by atoms with E-state index in [1.807, 2.05) is 26.0 Å². The molecule has 1 saturated heterocycles. The van der Waals surface area contributed by atoms with Gasteiger partial charge in [-0.15, -0.1) is 0 Å². The lowest BCUT2D eigenvalue weighted by molar-refractivity contribution is -0.143. The Kier molecular flexibility index (Phi) is 13.7. The number of allylic oxidation sites excluding steroid dienone is 2. The maximum Gasteiger partial charge on any atom is 0.407 e. The summed E-state index contributed by atoms with van der Waals surface area (Å²) in [5.74, 6) is -5.15. The van der Waals surface area contributed by atoms with Crippen molar-refractivity contribution in [1.29, 1.82) is 0 Å². The molecule has 0 spiro atoms. The Morgan fingerprint density at radius 3 is 2.41 bits per heavy atom. The van der Waals surface area contributed by atoms with Gasteiger partial charge in [0.25, 0.3) is 5.91 Å². The lowest BCUT2D eigenvalue weighted by atomic mass is 10.0. The molecule has 1 fully saturated rings. The fourth-order valence-electron chi connectivity index (χ4n) is 5.21. The van der Waals surface area contributed by atoms with Gasteiger partial charge in [0.2, 0.25) is 23.5 Å². The maximum atomic E-state index is 13.5. The third-order valence-electron chi connectivity index (χ3n) is 7.58. The first kappa shape index (κ1) is 35.7. The third-order valence-corrected chi connectivity index (χ3v) is 7.58. The number of ether oxygens (including phenoxy) is 1. The number of nitrogens with zero attached hydrogens (tertiary/aromatic N) is 1. The van der Waals surface area contributed by atoms with Crippen molar-refractivity contribution in [1.82, 2.24) is 26.2 Å². The molecule has 4 atom stereocenters. The monoisotopic (exact) mass is 641 g/mol. The number of carboxylic acids is 1. The fraction of sp³-hybridized carbons (Fsp3) is 0.531. The second kappa shape index (κ2) is 17.7. The van der Waals surface area contributed by atoms with Crippen molar-refractivity contribution in [2.24, 2.45) is 5.92 Å². The Labute approximate surface area is 267 Å². The molecule has 14 heteroatoms. The number of rotatable bonds is 10. The molecule has 1 aromatic carbocycles. The van der Waals surface area contributed by atoms with Crippen molar-refractivity contribution in [3.8, 4) is 0 Å². The average Bonchev–Trinajstić information content (AvgIpc) is 3.53. The molecule has 5 N–H and O–H groups in total. The number of nitrogens with one attached hydrogen (secondary N) is 4. The number of aliphatic carboxylic acids is 1. The maximum absolute atomic E-state index is 13.5. The summed E-state index contributed by atoms with van der Waals surface area (Å²) in [6.07, 6.45) is 5.78. The number of ketones is 1. The molecule has 1 aromatic rings. The first-order valence-corrected chi connectivity index (χ1v) is 15.6. The van der Waals surface area contributed by atoms with Gasteiger partial charge < -0.3 is 36.0 Å². The molecule has 3 rings (SSSR count). The van der Waals surface area contributed by atoms with Gasteiger partial charge in [0.05, 0.1) is 19.2 Å². The quantitative estimate of drug-likeness (QED) is 0.185. The fourth-order valence-corrected chi connectivity index (χ4v) is 5.21. The first-order chi connectivity index (χ1) is 22.0. The smallest absolute Gasteiger partial charge is 0.407 e. The highest BCUT2D eigenvalue weighted by molar-refractivity contribution is 6.38. The van der Waals surface area contributed by atoms with Crippen LogP contribution in [0.3, 0.4) is 0 Å². The Morgan fingerprint density at radius 2 is 1.72 bits per heavy atom. The van der Waals surface area contributed by atoms with Crippen molar-refractivity contribution >= 4 is 41.5 Å². The predicted octanol–water partition coefficient (Wildman–Crippen LogP) is 1.36. The zero-order chi connectivity index (χ0) is 33.6. The minimum Gasteiger partial charge on any atom is -0.479 e. The van der Waals surface area contributed by atoms with E-state index >= 15 is 0 Å². The van der Waals surface area contributed by atoms with Crippen molar-refractivity contribution < 1.29 is 43.4 Å². The molecular formula is C32H43N5O9. The summed E-state index contributed by atoms with van der Waals surface area (Å²) < 4.78 is 5.20. The highest BCUT2D eigenvalue weighted by atomic mass is 16.5. The summed E-state index contributed by atoms with van der Waals surface area (Å²) in [5.41, 5.74) is 0.329. The molecule has 250 valence electrons. The molecular weight excluding hydrogens is 598 g/mol. The van der Waals surface area contributed by atoms with Crippen LogP contribution in [0.15, 0.2) is 42.5 Å². The SMILES string of the molecule is CC(C)COC(=O)N[C@H]1CCC=CCCCC(C(=O)C(=O)NCC(=O)N[C@H](C(=O)O)c2ccccc2)NC(=O)[C@@H]2CCCN2C1=O.